The van der Waals surface area contributed by atoms with Crippen molar-refractivity contribution in [3.8, 4) is 67.4 Å². The number of fused-ring (bicyclic) bond motifs is 5. The Morgan fingerprint density at radius 1 is 0.340 bits per heavy atom. The first-order valence-electron chi connectivity index (χ1n) is 17.8. The zero-order chi connectivity index (χ0) is 35.1. The van der Waals surface area contributed by atoms with Gasteiger partial charge in [-0.1, -0.05) is 164 Å². The molecule has 0 amide bonds. The van der Waals surface area contributed by atoms with Gasteiger partial charge in [-0.15, -0.1) is 0 Å². The number of aromatic nitrogens is 3. The number of nitrogens with zero attached hydrogens (tertiary/aromatic N) is 3. The van der Waals surface area contributed by atoms with Gasteiger partial charge in [0.15, 0.2) is 5.82 Å². The van der Waals surface area contributed by atoms with Gasteiger partial charge in [0, 0.05) is 33.0 Å². The maximum atomic E-state index is 6.53. The Hall–Kier alpha value is -7.17. The van der Waals surface area contributed by atoms with Gasteiger partial charge in [0.1, 0.15) is 11.2 Å². The van der Waals surface area contributed by atoms with Crippen LogP contribution in [0.3, 0.4) is 0 Å². The molecule has 0 saturated heterocycles. The van der Waals surface area contributed by atoms with E-state index in [-0.39, 0.29) is 0 Å². The molecule has 10 rings (SSSR count). The van der Waals surface area contributed by atoms with Gasteiger partial charge in [-0.05, 0) is 46.5 Å². The number of para-hydroxylation sites is 1. The Balaban J connectivity index is 1.03. The van der Waals surface area contributed by atoms with Gasteiger partial charge in [0.2, 0.25) is 0 Å². The largest absolute Gasteiger partial charge is 0.455 e. The minimum absolute atomic E-state index is 0.696. The van der Waals surface area contributed by atoms with Crippen LogP contribution in [-0.4, -0.2) is 15.0 Å². The van der Waals surface area contributed by atoms with Gasteiger partial charge < -0.3 is 4.42 Å². The summed E-state index contributed by atoms with van der Waals surface area (Å²) in [5.41, 5.74) is 13.9. The summed E-state index contributed by atoms with van der Waals surface area (Å²) in [7, 11) is 0. The molecule has 53 heavy (non-hydrogen) atoms. The van der Waals surface area contributed by atoms with Crippen molar-refractivity contribution in [1.29, 1.82) is 0 Å². The van der Waals surface area contributed by atoms with Gasteiger partial charge in [0.05, 0.1) is 28.0 Å². The minimum Gasteiger partial charge on any atom is -0.455 e. The summed E-state index contributed by atoms with van der Waals surface area (Å²) in [5, 5.41) is 3.10. The molecule has 0 spiro atoms. The zero-order valence-electron chi connectivity index (χ0n) is 28.6. The van der Waals surface area contributed by atoms with Gasteiger partial charge in [-0.3, -0.25) is 0 Å². The first kappa shape index (κ1) is 30.6. The average Bonchev–Trinajstić information content (AvgIpc) is 3.64. The lowest BCUT2D eigenvalue weighted by atomic mass is 9.98. The third-order valence-corrected chi connectivity index (χ3v) is 9.91. The maximum absolute atomic E-state index is 6.53. The summed E-state index contributed by atoms with van der Waals surface area (Å²) in [6, 6.07) is 64.9. The Kier molecular flexibility index (Phi) is 7.43. The fourth-order valence-electron chi connectivity index (χ4n) is 7.20. The van der Waals surface area contributed by atoms with Crippen LogP contribution in [0.2, 0.25) is 0 Å². The zero-order valence-corrected chi connectivity index (χ0v) is 28.6. The van der Waals surface area contributed by atoms with Gasteiger partial charge in [0.25, 0.3) is 0 Å². The molecule has 3 heterocycles. The molecule has 0 atom stereocenters. The van der Waals surface area contributed by atoms with Crippen molar-refractivity contribution in [3.05, 3.63) is 188 Å². The molecule has 0 fully saturated rings. The Labute approximate surface area is 306 Å². The number of pyridine rings is 1. The fourth-order valence-corrected chi connectivity index (χ4v) is 7.20. The third-order valence-electron chi connectivity index (χ3n) is 9.91. The second kappa shape index (κ2) is 12.9. The lowest BCUT2D eigenvalue weighted by Gasteiger charge is -2.11. The van der Waals surface area contributed by atoms with Crippen molar-refractivity contribution in [3.63, 3.8) is 0 Å². The molecule has 0 aliphatic heterocycles. The van der Waals surface area contributed by atoms with Crippen LogP contribution >= 0.6 is 0 Å². The SMILES string of the molecule is c1ccc(-c2ccc3c(c2)nc(-c2ccc(-c4ccc(-c5nc(-c6ccccc6)cc(-c6ccccc6)n5)cc4)cc2)c2c4ccccc4oc32)cc1. The number of benzene rings is 7. The molecule has 4 nitrogen and oxygen atoms in total. The van der Waals surface area contributed by atoms with E-state index < -0.39 is 0 Å². The highest BCUT2D eigenvalue weighted by atomic mass is 16.3. The first-order valence-corrected chi connectivity index (χ1v) is 17.8. The molecule has 0 saturated carbocycles. The summed E-state index contributed by atoms with van der Waals surface area (Å²) in [6.07, 6.45) is 0. The van der Waals surface area contributed by atoms with Gasteiger partial charge in [-0.2, -0.15) is 0 Å². The van der Waals surface area contributed by atoms with Crippen LogP contribution in [-0.2, 0) is 0 Å². The number of furan rings is 1. The van der Waals surface area contributed by atoms with E-state index in [9.17, 15) is 0 Å². The molecule has 0 unspecified atom stereocenters. The Morgan fingerprint density at radius 3 is 1.45 bits per heavy atom. The van der Waals surface area contributed by atoms with Crippen LogP contribution in [0.25, 0.3) is 100 Å². The molecular formula is C49H31N3O. The van der Waals surface area contributed by atoms with Crippen LogP contribution in [0.4, 0.5) is 0 Å². The smallest absolute Gasteiger partial charge is 0.160 e. The molecule has 0 aliphatic rings. The van der Waals surface area contributed by atoms with E-state index in [4.69, 9.17) is 19.4 Å². The predicted octanol–water partition coefficient (Wildman–Crippen LogP) is 12.9. The molecular weight excluding hydrogens is 647 g/mol. The molecule has 0 aliphatic carbocycles. The van der Waals surface area contributed by atoms with E-state index >= 15 is 0 Å². The fraction of sp³-hybridized carbons (Fsp3) is 0. The standard InChI is InChI=1S/C49H31N3O/c1-4-12-32(13-5-1)39-28-29-40-44(30-39)50-47(46-41-18-10-11-19-45(41)53-48(40)46)37-24-20-33(21-25-37)34-22-26-38(27-23-34)49-51-42(35-14-6-2-7-15-35)31-43(52-49)36-16-8-3-9-17-36/h1-31H. The van der Waals surface area contributed by atoms with Crippen molar-refractivity contribution in [1.82, 2.24) is 15.0 Å². The lowest BCUT2D eigenvalue weighted by Crippen LogP contribution is -1.95. The molecule has 248 valence electrons. The van der Waals surface area contributed by atoms with Gasteiger partial charge >= 0.3 is 0 Å². The van der Waals surface area contributed by atoms with Crippen molar-refractivity contribution in [2.75, 3.05) is 0 Å². The summed E-state index contributed by atoms with van der Waals surface area (Å²) in [5.74, 6) is 0.696. The van der Waals surface area contributed by atoms with Crippen LogP contribution in [0, 0.1) is 0 Å². The van der Waals surface area contributed by atoms with E-state index in [1.165, 1.54) is 0 Å². The predicted molar refractivity (Wildman–Crippen MR) is 217 cm³/mol. The van der Waals surface area contributed by atoms with E-state index in [0.717, 1.165) is 94.4 Å². The van der Waals surface area contributed by atoms with Crippen molar-refractivity contribution < 1.29 is 4.42 Å². The average molecular weight is 678 g/mol. The van der Waals surface area contributed by atoms with E-state index in [1.807, 2.05) is 54.6 Å². The minimum atomic E-state index is 0.696. The Morgan fingerprint density at radius 2 is 0.830 bits per heavy atom. The summed E-state index contributed by atoms with van der Waals surface area (Å²) < 4.78 is 6.53. The van der Waals surface area contributed by atoms with Gasteiger partial charge in [-0.25, -0.2) is 15.0 Å². The molecule has 10 aromatic rings. The summed E-state index contributed by atoms with van der Waals surface area (Å²) in [4.78, 5) is 15.3. The van der Waals surface area contributed by atoms with Crippen LogP contribution < -0.4 is 0 Å². The molecule has 0 radical (unpaired) electrons. The quantitative estimate of drug-likeness (QED) is 0.176. The van der Waals surface area contributed by atoms with E-state index in [1.54, 1.807) is 0 Å². The monoisotopic (exact) mass is 677 g/mol. The second-order valence-electron chi connectivity index (χ2n) is 13.2. The summed E-state index contributed by atoms with van der Waals surface area (Å²) in [6.45, 7) is 0. The highest BCUT2D eigenvalue weighted by Gasteiger charge is 2.18. The Bertz CT molecular complexity index is 2840. The molecule has 0 N–H and O–H groups in total. The van der Waals surface area contributed by atoms with Crippen LogP contribution in [0.15, 0.2) is 192 Å². The number of hydrogen-bond acceptors (Lipinski definition) is 4. The molecule has 3 aromatic heterocycles. The highest BCUT2D eigenvalue weighted by Crippen LogP contribution is 2.41. The molecule has 7 aromatic carbocycles. The maximum Gasteiger partial charge on any atom is 0.160 e. The van der Waals surface area contributed by atoms with Crippen molar-refractivity contribution >= 4 is 32.8 Å². The van der Waals surface area contributed by atoms with E-state index in [2.05, 4.69) is 133 Å². The van der Waals surface area contributed by atoms with E-state index in [0.29, 0.717) is 5.82 Å². The van der Waals surface area contributed by atoms with Crippen molar-refractivity contribution in [2.24, 2.45) is 0 Å². The van der Waals surface area contributed by atoms with Crippen molar-refractivity contribution in [2.45, 2.75) is 0 Å². The lowest BCUT2D eigenvalue weighted by molar-refractivity contribution is 0.672. The highest BCUT2D eigenvalue weighted by molar-refractivity contribution is 6.19. The number of rotatable bonds is 6. The topological polar surface area (TPSA) is 51.8 Å². The van der Waals surface area contributed by atoms with Crippen LogP contribution in [0.1, 0.15) is 0 Å². The normalized spacial score (nSPS) is 11.4. The number of hydrogen-bond donors (Lipinski definition) is 0. The first-order chi connectivity index (χ1) is 26.2. The molecule has 0 bridgehead atoms. The van der Waals surface area contributed by atoms with Crippen LogP contribution in [0.5, 0.6) is 0 Å². The molecule has 4 heteroatoms. The summed E-state index contributed by atoms with van der Waals surface area (Å²) >= 11 is 0. The third kappa shape index (κ3) is 5.63. The second-order valence-corrected chi connectivity index (χ2v) is 13.2.